The molecule has 0 amide bonds. The highest BCUT2D eigenvalue weighted by Gasteiger charge is 2.38. The lowest BCUT2D eigenvalue weighted by molar-refractivity contribution is -0.141. The van der Waals surface area contributed by atoms with Gasteiger partial charge in [-0.3, -0.25) is 4.79 Å². The summed E-state index contributed by atoms with van der Waals surface area (Å²) in [5, 5.41) is 9.47. The molecule has 1 atom stereocenters. The van der Waals surface area contributed by atoms with Gasteiger partial charge in [0, 0.05) is 43.1 Å². The van der Waals surface area contributed by atoms with Crippen molar-refractivity contribution in [1.82, 2.24) is 4.90 Å². The number of nitriles is 1. The summed E-state index contributed by atoms with van der Waals surface area (Å²) in [4.78, 5) is 23.1. The first-order valence-electron chi connectivity index (χ1n) is 12.6. The van der Waals surface area contributed by atoms with Gasteiger partial charge in [0.1, 0.15) is 5.82 Å². The summed E-state index contributed by atoms with van der Waals surface area (Å²) in [6, 6.07) is 17.3. The Balaban J connectivity index is 1.58. The van der Waals surface area contributed by atoms with Crippen LogP contribution in [0, 0.1) is 17.1 Å². The van der Waals surface area contributed by atoms with Gasteiger partial charge in [-0.05, 0) is 54.6 Å². The molecule has 0 spiro atoms. The number of methoxy groups -OCH3 is 1. The predicted octanol–water partition coefficient (Wildman–Crippen LogP) is 5.65. The number of piperazine rings is 1. The molecule has 0 aromatic heterocycles. The fourth-order valence-electron chi connectivity index (χ4n) is 5.04. The van der Waals surface area contributed by atoms with Gasteiger partial charge in [0.25, 0.3) is 0 Å². The summed E-state index contributed by atoms with van der Waals surface area (Å²) in [6.07, 6.45) is -4.72. The molecule has 7 nitrogen and oxygen atoms in total. The fraction of sp³-hybridized carbons (Fsp3) is 0.276. The van der Waals surface area contributed by atoms with E-state index in [0.29, 0.717) is 49.0 Å². The van der Waals surface area contributed by atoms with E-state index in [9.17, 15) is 27.6 Å². The molecule has 0 saturated carbocycles. The molecule has 0 bridgehead atoms. The van der Waals surface area contributed by atoms with Crippen LogP contribution in [0.3, 0.4) is 0 Å². The summed E-state index contributed by atoms with van der Waals surface area (Å²) in [7, 11) is 1.25. The van der Waals surface area contributed by atoms with Gasteiger partial charge >= 0.3 is 12.1 Å². The minimum absolute atomic E-state index is 0.153. The number of hydrogen-bond donors (Lipinski definition) is 0. The van der Waals surface area contributed by atoms with E-state index in [4.69, 9.17) is 9.73 Å². The molecule has 0 aliphatic carbocycles. The third-order valence-electron chi connectivity index (χ3n) is 7.06. The number of rotatable bonds is 4. The van der Waals surface area contributed by atoms with Crippen molar-refractivity contribution in [2.24, 2.45) is 4.99 Å². The van der Waals surface area contributed by atoms with Crippen LogP contribution in [0.15, 0.2) is 71.7 Å². The molecule has 5 rings (SSSR count). The first-order valence-corrected chi connectivity index (χ1v) is 12.6. The van der Waals surface area contributed by atoms with Crippen LogP contribution < -0.4 is 9.80 Å². The number of halogens is 4. The zero-order chi connectivity index (χ0) is 28.4. The van der Waals surface area contributed by atoms with E-state index < -0.39 is 23.8 Å². The molecular weight excluding hydrogens is 526 g/mol. The van der Waals surface area contributed by atoms with Crippen molar-refractivity contribution in [3.8, 4) is 6.07 Å². The van der Waals surface area contributed by atoms with Gasteiger partial charge in [0.15, 0.2) is 0 Å². The van der Waals surface area contributed by atoms with E-state index in [1.54, 1.807) is 41.3 Å². The summed E-state index contributed by atoms with van der Waals surface area (Å²) < 4.78 is 59.5. The Kier molecular flexibility index (Phi) is 7.34. The summed E-state index contributed by atoms with van der Waals surface area (Å²) in [6.45, 7) is 2.02. The number of carbonyl (C=O) groups excluding carboxylic acids is 1. The van der Waals surface area contributed by atoms with Gasteiger partial charge in [-0.2, -0.15) is 18.4 Å². The van der Waals surface area contributed by atoms with Crippen molar-refractivity contribution in [3.05, 3.63) is 89.2 Å². The van der Waals surface area contributed by atoms with Crippen molar-refractivity contribution in [3.63, 3.8) is 0 Å². The second-order valence-electron chi connectivity index (χ2n) is 9.46. The van der Waals surface area contributed by atoms with Crippen molar-refractivity contribution in [2.45, 2.75) is 18.6 Å². The zero-order valence-corrected chi connectivity index (χ0v) is 21.5. The van der Waals surface area contributed by atoms with Crippen molar-refractivity contribution in [1.29, 1.82) is 5.26 Å². The highest BCUT2D eigenvalue weighted by atomic mass is 19.4. The van der Waals surface area contributed by atoms with Gasteiger partial charge in [0.2, 0.25) is 5.96 Å². The number of nitrogens with zero attached hydrogens (tertiary/aromatic N) is 5. The number of carbonyl (C=O) groups is 1. The molecule has 2 aliphatic heterocycles. The van der Waals surface area contributed by atoms with Crippen molar-refractivity contribution < 1.29 is 27.1 Å². The van der Waals surface area contributed by atoms with E-state index in [2.05, 4.69) is 11.0 Å². The first-order chi connectivity index (χ1) is 19.2. The molecule has 206 valence electrons. The van der Waals surface area contributed by atoms with Gasteiger partial charge in [-0.1, -0.05) is 12.1 Å². The highest BCUT2D eigenvalue weighted by Crippen LogP contribution is 2.42. The maximum Gasteiger partial charge on any atom is 0.416 e. The standard InChI is InChI=1S/C29H25F4N5O2/c1-40-27(39)17-26-24-10-5-19(18-34)15-25(24)35-28(38(26)23-4-2-3-20(16-23)29(31,32)33)37-13-11-36(12-14-37)22-8-6-21(30)7-9-22/h2-10,15-16,26H,11-14,17H2,1H3. The maximum absolute atomic E-state index is 13.7. The maximum atomic E-state index is 13.7. The molecule has 1 unspecified atom stereocenters. The monoisotopic (exact) mass is 551 g/mol. The molecule has 3 aromatic carbocycles. The molecular formula is C29H25F4N5O2. The van der Waals surface area contributed by atoms with Gasteiger partial charge in [-0.25, -0.2) is 9.38 Å². The van der Waals surface area contributed by atoms with Gasteiger partial charge in [-0.15, -0.1) is 0 Å². The molecule has 40 heavy (non-hydrogen) atoms. The van der Waals surface area contributed by atoms with Crippen LogP contribution in [0.25, 0.3) is 0 Å². The first kappa shape index (κ1) is 27.0. The molecule has 3 aromatic rings. The van der Waals surface area contributed by atoms with E-state index in [0.717, 1.165) is 17.8 Å². The summed E-state index contributed by atoms with van der Waals surface area (Å²) in [5.74, 6) is -0.503. The minimum atomic E-state index is -4.57. The summed E-state index contributed by atoms with van der Waals surface area (Å²) >= 11 is 0. The normalized spacial score (nSPS) is 17.1. The average Bonchev–Trinajstić information content (AvgIpc) is 2.96. The second-order valence-corrected chi connectivity index (χ2v) is 9.46. The molecule has 11 heteroatoms. The number of fused-ring (bicyclic) bond motifs is 1. The Morgan fingerprint density at radius 2 is 1.70 bits per heavy atom. The van der Waals surface area contributed by atoms with E-state index >= 15 is 0 Å². The number of benzene rings is 3. The Morgan fingerprint density at radius 3 is 2.35 bits per heavy atom. The average molecular weight is 552 g/mol. The summed E-state index contributed by atoms with van der Waals surface area (Å²) in [5.41, 5.74) is 1.68. The Bertz CT molecular complexity index is 1470. The van der Waals surface area contributed by atoms with Crippen LogP contribution in [0.5, 0.6) is 0 Å². The predicted molar refractivity (Wildman–Crippen MR) is 142 cm³/mol. The van der Waals surface area contributed by atoms with Crippen LogP contribution in [0.2, 0.25) is 0 Å². The topological polar surface area (TPSA) is 72.2 Å². The Morgan fingerprint density at radius 1 is 1.00 bits per heavy atom. The quantitative estimate of drug-likeness (QED) is 0.308. The Labute approximate surface area is 228 Å². The van der Waals surface area contributed by atoms with Crippen LogP contribution in [0.4, 0.5) is 34.6 Å². The molecule has 1 saturated heterocycles. The number of ether oxygens (including phenoxy) is 1. The van der Waals surface area contributed by atoms with Gasteiger partial charge in [0.05, 0.1) is 42.5 Å². The lowest BCUT2D eigenvalue weighted by Crippen LogP contribution is -2.55. The lowest BCUT2D eigenvalue weighted by Gasteiger charge is -2.45. The van der Waals surface area contributed by atoms with E-state index in [-0.39, 0.29) is 17.9 Å². The number of esters is 1. The molecule has 2 aliphatic rings. The second kappa shape index (κ2) is 10.9. The Hall–Kier alpha value is -4.59. The smallest absolute Gasteiger partial charge is 0.416 e. The van der Waals surface area contributed by atoms with Crippen LogP contribution in [0.1, 0.15) is 29.2 Å². The minimum Gasteiger partial charge on any atom is -0.469 e. The number of aliphatic imine (C=N–C) groups is 1. The van der Waals surface area contributed by atoms with E-state index in [1.165, 1.54) is 25.3 Å². The molecule has 1 fully saturated rings. The fourth-order valence-corrected chi connectivity index (χ4v) is 5.04. The largest absolute Gasteiger partial charge is 0.469 e. The van der Waals surface area contributed by atoms with Crippen molar-refractivity contribution >= 4 is 29.0 Å². The number of guanidine groups is 1. The number of hydrogen-bond acceptors (Lipinski definition) is 7. The number of alkyl halides is 3. The SMILES string of the molecule is COC(=O)CC1c2ccc(C#N)cc2N=C(N2CCN(c3ccc(F)cc3)CC2)N1c1cccc(C(F)(F)F)c1. The lowest BCUT2D eigenvalue weighted by atomic mass is 9.96. The van der Waals surface area contributed by atoms with Crippen molar-refractivity contribution in [2.75, 3.05) is 43.1 Å². The van der Waals surface area contributed by atoms with Crippen LogP contribution >= 0.6 is 0 Å². The molecule has 0 N–H and O–H groups in total. The van der Waals surface area contributed by atoms with Crippen LogP contribution in [-0.2, 0) is 15.7 Å². The van der Waals surface area contributed by atoms with Gasteiger partial charge < -0.3 is 19.4 Å². The highest BCUT2D eigenvalue weighted by molar-refractivity contribution is 6.01. The zero-order valence-electron chi connectivity index (χ0n) is 21.5. The molecule has 2 heterocycles. The third-order valence-corrected chi connectivity index (χ3v) is 7.06. The third kappa shape index (κ3) is 5.43. The van der Waals surface area contributed by atoms with Crippen LogP contribution in [-0.4, -0.2) is 50.1 Å². The number of anilines is 2. The molecule has 0 radical (unpaired) electrons. The van der Waals surface area contributed by atoms with E-state index in [1.807, 2.05) is 4.90 Å².